The van der Waals surface area contributed by atoms with Crippen LogP contribution in [0.1, 0.15) is 23.5 Å². The summed E-state index contributed by atoms with van der Waals surface area (Å²) in [6, 6.07) is 0. The second kappa shape index (κ2) is 5.41. The molecule has 1 aliphatic heterocycles. The van der Waals surface area contributed by atoms with E-state index < -0.39 is 0 Å². The van der Waals surface area contributed by atoms with Crippen molar-refractivity contribution in [2.24, 2.45) is 5.92 Å². The van der Waals surface area contributed by atoms with Crippen molar-refractivity contribution < 1.29 is 0 Å². The van der Waals surface area contributed by atoms with Crippen molar-refractivity contribution in [3.05, 3.63) is 16.1 Å². The van der Waals surface area contributed by atoms with Crippen LogP contribution in [-0.2, 0) is 6.54 Å². The van der Waals surface area contributed by atoms with Gasteiger partial charge in [0.1, 0.15) is 5.01 Å². The van der Waals surface area contributed by atoms with Crippen LogP contribution in [0.15, 0.2) is 5.38 Å². The average molecular weight is 289 g/mol. The lowest BCUT2D eigenvalue weighted by atomic mass is 10.1. The van der Waals surface area contributed by atoms with E-state index in [1.165, 1.54) is 30.9 Å². The van der Waals surface area contributed by atoms with Crippen molar-refractivity contribution in [1.82, 2.24) is 9.88 Å². The van der Waals surface area contributed by atoms with Crippen molar-refractivity contribution in [2.75, 3.05) is 18.4 Å². The number of rotatable bonds is 4. The van der Waals surface area contributed by atoms with Gasteiger partial charge in [-0.15, -0.1) is 11.3 Å². The molecule has 1 unspecified atom stereocenters. The standard InChI is InChI=1S/C11H17BrN2S/c1-9-8-15-11(13-9)7-14-5-3-10(6-14)2-4-12/h8,10H,2-7H2,1H3. The fraction of sp³-hybridized carbons (Fsp3) is 0.727. The first-order chi connectivity index (χ1) is 7.28. The van der Waals surface area contributed by atoms with Crippen LogP contribution in [0.5, 0.6) is 0 Å². The summed E-state index contributed by atoms with van der Waals surface area (Å²) in [6.45, 7) is 5.62. The number of thiazole rings is 1. The van der Waals surface area contributed by atoms with Gasteiger partial charge >= 0.3 is 0 Å². The number of aromatic nitrogens is 1. The van der Waals surface area contributed by atoms with Crippen LogP contribution in [0.2, 0.25) is 0 Å². The molecule has 0 saturated carbocycles. The molecule has 15 heavy (non-hydrogen) atoms. The molecule has 0 amide bonds. The summed E-state index contributed by atoms with van der Waals surface area (Å²) in [6.07, 6.45) is 2.67. The Balaban J connectivity index is 1.82. The first kappa shape index (κ1) is 11.6. The van der Waals surface area contributed by atoms with Crippen LogP contribution in [-0.4, -0.2) is 28.3 Å². The Labute approximate surface area is 104 Å². The van der Waals surface area contributed by atoms with Crippen molar-refractivity contribution >= 4 is 27.3 Å². The van der Waals surface area contributed by atoms with Crippen LogP contribution < -0.4 is 0 Å². The smallest absolute Gasteiger partial charge is 0.107 e. The van der Waals surface area contributed by atoms with E-state index in [-0.39, 0.29) is 0 Å². The van der Waals surface area contributed by atoms with Gasteiger partial charge in [-0.1, -0.05) is 15.9 Å². The maximum atomic E-state index is 4.51. The zero-order chi connectivity index (χ0) is 10.7. The van der Waals surface area contributed by atoms with Gasteiger partial charge in [-0.3, -0.25) is 4.90 Å². The third-order valence-corrected chi connectivity index (χ3v) is 4.32. The highest BCUT2D eigenvalue weighted by Gasteiger charge is 2.22. The minimum Gasteiger partial charge on any atom is -0.296 e. The van der Waals surface area contributed by atoms with E-state index in [1.54, 1.807) is 11.3 Å². The summed E-state index contributed by atoms with van der Waals surface area (Å²) in [5.41, 5.74) is 1.16. The van der Waals surface area contributed by atoms with Gasteiger partial charge < -0.3 is 0 Å². The van der Waals surface area contributed by atoms with Gasteiger partial charge in [-0.25, -0.2) is 4.98 Å². The van der Waals surface area contributed by atoms with Crippen molar-refractivity contribution in [2.45, 2.75) is 26.3 Å². The number of aryl methyl sites for hydroxylation is 1. The second-order valence-corrected chi connectivity index (χ2v) is 5.99. The highest BCUT2D eigenvalue weighted by molar-refractivity contribution is 9.09. The summed E-state index contributed by atoms with van der Waals surface area (Å²) in [7, 11) is 0. The molecule has 1 atom stereocenters. The minimum atomic E-state index is 0.894. The lowest BCUT2D eigenvalue weighted by Gasteiger charge is -2.13. The first-order valence-corrected chi connectivity index (χ1v) is 7.47. The van der Waals surface area contributed by atoms with Crippen molar-refractivity contribution in [1.29, 1.82) is 0 Å². The predicted octanol–water partition coefficient (Wildman–Crippen LogP) is 3.06. The molecule has 0 aromatic carbocycles. The zero-order valence-electron chi connectivity index (χ0n) is 9.08. The molecule has 2 nitrogen and oxygen atoms in total. The van der Waals surface area contributed by atoms with E-state index in [9.17, 15) is 0 Å². The Bertz CT molecular complexity index is 313. The molecule has 0 aliphatic carbocycles. The minimum absolute atomic E-state index is 0.894. The fourth-order valence-electron chi connectivity index (χ4n) is 2.11. The normalized spacial score (nSPS) is 22.4. The SMILES string of the molecule is Cc1csc(CN2CCC(CCBr)C2)n1. The first-order valence-electron chi connectivity index (χ1n) is 5.47. The van der Waals surface area contributed by atoms with Crippen LogP contribution in [0.4, 0.5) is 0 Å². The van der Waals surface area contributed by atoms with E-state index in [4.69, 9.17) is 0 Å². The lowest BCUT2D eigenvalue weighted by Crippen LogP contribution is -2.20. The summed E-state index contributed by atoms with van der Waals surface area (Å²) in [5.74, 6) is 0.894. The Kier molecular flexibility index (Phi) is 4.17. The van der Waals surface area contributed by atoms with E-state index in [1.807, 2.05) is 0 Å². The molecule has 0 N–H and O–H groups in total. The monoisotopic (exact) mass is 288 g/mol. The number of halogens is 1. The lowest BCUT2D eigenvalue weighted by molar-refractivity contribution is 0.315. The van der Waals surface area contributed by atoms with Gasteiger partial charge in [-0.05, 0) is 32.2 Å². The van der Waals surface area contributed by atoms with Crippen molar-refractivity contribution in [3.63, 3.8) is 0 Å². The summed E-state index contributed by atoms with van der Waals surface area (Å²) in [4.78, 5) is 7.05. The molecule has 1 aliphatic rings. The van der Waals surface area contributed by atoms with E-state index in [0.717, 1.165) is 23.5 Å². The van der Waals surface area contributed by atoms with Gasteiger partial charge in [0, 0.05) is 22.9 Å². The highest BCUT2D eigenvalue weighted by atomic mass is 79.9. The largest absolute Gasteiger partial charge is 0.296 e. The molecule has 1 aromatic heterocycles. The molecular weight excluding hydrogens is 272 g/mol. The van der Waals surface area contributed by atoms with E-state index in [0.29, 0.717) is 0 Å². The van der Waals surface area contributed by atoms with Gasteiger partial charge in [0.15, 0.2) is 0 Å². The van der Waals surface area contributed by atoms with Crippen LogP contribution in [0.3, 0.4) is 0 Å². The van der Waals surface area contributed by atoms with Gasteiger partial charge in [0.2, 0.25) is 0 Å². The molecule has 0 bridgehead atoms. The Morgan fingerprint density at radius 1 is 1.67 bits per heavy atom. The molecule has 4 heteroatoms. The van der Waals surface area contributed by atoms with Gasteiger partial charge in [-0.2, -0.15) is 0 Å². The zero-order valence-corrected chi connectivity index (χ0v) is 11.5. The molecule has 1 aromatic rings. The summed E-state index contributed by atoms with van der Waals surface area (Å²) in [5, 5.41) is 4.55. The molecule has 2 rings (SSSR count). The molecule has 0 radical (unpaired) electrons. The highest BCUT2D eigenvalue weighted by Crippen LogP contribution is 2.22. The Morgan fingerprint density at radius 2 is 2.53 bits per heavy atom. The Hall–Kier alpha value is 0.0700. The molecule has 2 heterocycles. The number of likely N-dealkylation sites (tertiary alicyclic amines) is 1. The third kappa shape index (κ3) is 3.26. The maximum absolute atomic E-state index is 4.51. The predicted molar refractivity (Wildman–Crippen MR) is 68.6 cm³/mol. The van der Waals surface area contributed by atoms with Crippen molar-refractivity contribution in [3.8, 4) is 0 Å². The molecular formula is C11H17BrN2S. The Morgan fingerprint density at radius 3 is 3.20 bits per heavy atom. The third-order valence-electron chi connectivity index (χ3n) is 2.91. The fourth-order valence-corrected chi connectivity index (χ4v) is 3.57. The van der Waals surface area contributed by atoms with E-state index >= 15 is 0 Å². The number of hydrogen-bond acceptors (Lipinski definition) is 3. The number of nitrogens with zero attached hydrogens (tertiary/aromatic N) is 2. The molecule has 1 saturated heterocycles. The topological polar surface area (TPSA) is 16.1 Å². The summed E-state index contributed by atoms with van der Waals surface area (Å²) >= 11 is 5.31. The molecule has 0 spiro atoms. The van der Waals surface area contributed by atoms with Crippen LogP contribution in [0.25, 0.3) is 0 Å². The van der Waals surface area contributed by atoms with Gasteiger partial charge in [0.05, 0.1) is 6.54 Å². The van der Waals surface area contributed by atoms with Gasteiger partial charge in [0.25, 0.3) is 0 Å². The average Bonchev–Trinajstić information content (AvgIpc) is 2.78. The number of alkyl halides is 1. The molecule has 84 valence electrons. The summed E-state index contributed by atoms with van der Waals surface area (Å²) < 4.78 is 0. The number of hydrogen-bond donors (Lipinski definition) is 0. The maximum Gasteiger partial charge on any atom is 0.107 e. The van der Waals surface area contributed by atoms with E-state index in [2.05, 4.69) is 38.1 Å². The second-order valence-electron chi connectivity index (χ2n) is 4.25. The molecule has 1 fully saturated rings. The van der Waals surface area contributed by atoms with Crippen LogP contribution in [0, 0.1) is 12.8 Å². The quantitative estimate of drug-likeness (QED) is 0.792. The van der Waals surface area contributed by atoms with Crippen LogP contribution >= 0.6 is 27.3 Å².